The topological polar surface area (TPSA) is 48.5 Å². The van der Waals surface area contributed by atoms with E-state index in [1.54, 1.807) is 0 Å². The van der Waals surface area contributed by atoms with Crippen molar-refractivity contribution in [1.29, 1.82) is 0 Å². The van der Waals surface area contributed by atoms with E-state index in [1.807, 2.05) is 42.7 Å². The molecular formula is C37H23N5. The van der Waals surface area contributed by atoms with Gasteiger partial charge in [-0.15, -0.1) is 0 Å². The summed E-state index contributed by atoms with van der Waals surface area (Å²) in [5.41, 5.74) is 9.33. The lowest BCUT2D eigenvalue weighted by Crippen LogP contribution is -1.98. The third-order valence-corrected chi connectivity index (χ3v) is 8.20. The predicted molar refractivity (Wildman–Crippen MR) is 171 cm³/mol. The van der Waals surface area contributed by atoms with E-state index in [1.165, 1.54) is 32.6 Å². The molecule has 9 rings (SSSR count). The zero-order valence-electron chi connectivity index (χ0n) is 22.5. The fourth-order valence-electron chi connectivity index (χ4n) is 6.33. The van der Waals surface area contributed by atoms with Crippen molar-refractivity contribution in [1.82, 2.24) is 24.1 Å². The van der Waals surface area contributed by atoms with Gasteiger partial charge in [-0.05, 0) is 60.7 Å². The van der Waals surface area contributed by atoms with Crippen LogP contribution in [0.15, 0.2) is 140 Å². The minimum atomic E-state index is 0.825. The Hall–Kier alpha value is -5.81. The summed E-state index contributed by atoms with van der Waals surface area (Å²) in [6, 6.07) is 44.6. The molecule has 42 heavy (non-hydrogen) atoms. The van der Waals surface area contributed by atoms with Crippen molar-refractivity contribution in [2.75, 3.05) is 0 Å². The van der Waals surface area contributed by atoms with Crippen LogP contribution in [0.5, 0.6) is 0 Å². The average molecular weight is 538 g/mol. The van der Waals surface area contributed by atoms with Crippen molar-refractivity contribution >= 4 is 54.6 Å². The molecule has 0 aliphatic rings. The molecule has 0 spiro atoms. The molecule has 0 aliphatic carbocycles. The van der Waals surface area contributed by atoms with E-state index in [4.69, 9.17) is 9.97 Å². The normalized spacial score (nSPS) is 11.8. The SMILES string of the molecule is c1ccc(-n2c3ccccc3c3cc4c(cc32)c2ccccc2n4-c2cc(-c3cnc4ccccc4n3)ccn2)cc1. The second-order valence-corrected chi connectivity index (χ2v) is 10.6. The van der Waals surface area contributed by atoms with Crippen LogP contribution in [0, 0.1) is 0 Å². The van der Waals surface area contributed by atoms with Crippen LogP contribution in [-0.4, -0.2) is 24.1 Å². The van der Waals surface area contributed by atoms with Crippen molar-refractivity contribution in [3.63, 3.8) is 0 Å². The summed E-state index contributed by atoms with van der Waals surface area (Å²) in [6.07, 6.45) is 3.71. The van der Waals surface area contributed by atoms with Crippen molar-refractivity contribution < 1.29 is 0 Å². The third kappa shape index (κ3) is 3.34. The third-order valence-electron chi connectivity index (χ3n) is 8.20. The van der Waals surface area contributed by atoms with Gasteiger partial charge in [-0.2, -0.15) is 0 Å². The largest absolute Gasteiger partial charge is 0.309 e. The van der Waals surface area contributed by atoms with Gasteiger partial charge in [-0.25, -0.2) is 9.97 Å². The fraction of sp³-hybridized carbons (Fsp3) is 0. The first-order chi connectivity index (χ1) is 20.8. The number of pyridine rings is 1. The van der Waals surface area contributed by atoms with Gasteiger partial charge in [-0.3, -0.25) is 9.55 Å². The first kappa shape index (κ1) is 22.9. The molecular weight excluding hydrogens is 514 g/mol. The van der Waals surface area contributed by atoms with Crippen LogP contribution in [-0.2, 0) is 0 Å². The number of fused-ring (bicyclic) bond motifs is 7. The highest BCUT2D eigenvalue weighted by Gasteiger charge is 2.19. The molecule has 0 amide bonds. The van der Waals surface area contributed by atoms with Crippen LogP contribution in [0.1, 0.15) is 0 Å². The van der Waals surface area contributed by atoms with Crippen LogP contribution < -0.4 is 0 Å². The molecule has 0 aliphatic heterocycles. The van der Waals surface area contributed by atoms with E-state index in [2.05, 4.69) is 111 Å². The van der Waals surface area contributed by atoms with Gasteiger partial charge >= 0.3 is 0 Å². The first-order valence-electron chi connectivity index (χ1n) is 14.0. The molecule has 4 aromatic heterocycles. The van der Waals surface area contributed by atoms with Gasteiger partial charge in [0.2, 0.25) is 0 Å². The number of rotatable bonds is 3. The minimum absolute atomic E-state index is 0.825. The summed E-state index contributed by atoms with van der Waals surface area (Å²) in [5, 5.41) is 4.82. The van der Waals surface area contributed by atoms with Crippen LogP contribution in [0.2, 0.25) is 0 Å². The second-order valence-electron chi connectivity index (χ2n) is 10.6. The standard InChI is InChI=1S/C37H23N5/c1-2-10-25(11-3-1)41-33-16-8-4-12-26(33)28-22-36-29(21-35(28)41)27-13-5-9-17-34(27)42(36)37-20-24(18-19-38-37)32-23-39-30-14-6-7-15-31(30)40-32/h1-23H. The highest BCUT2D eigenvalue weighted by atomic mass is 15.1. The number of para-hydroxylation sites is 5. The summed E-state index contributed by atoms with van der Waals surface area (Å²) in [4.78, 5) is 14.4. The Balaban J connectivity index is 1.34. The van der Waals surface area contributed by atoms with Gasteiger partial charge in [0.15, 0.2) is 0 Å². The molecule has 0 fully saturated rings. The highest BCUT2D eigenvalue weighted by Crippen LogP contribution is 2.39. The summed E-state index contributed by atoms with van der Waals surface area (Å²) >= 11 is 0. The zero-order valence-corrected chi connectivity index (χ0v) is 22.5. The summed E-state index contributed by atoms with van der Waals surface area (Å²) in [5.74, 6) is 0.847. The van der Waals surface area contributed by atoms with Crippen molar-refractivity contribution in [3.8, 4) is 22.8 Å². The van der Waals surface area contributed by atoms with Gasteiger partial charge < -0.3 is 4.57 Å². The number of nitrogens with zero attached hydrogens (tertiary/aromatic N) is 5. The first-order valence-corrected chi connectivity index (χ1v) is 14.0. The molecule has 5 heteroatoms. The molecule has 0 saturated heterocycles. The van der Waals surface area contributed by atoms with Crippen molar-refractivity contribution in [2.45, 2.75) is 0 Å². The molecule has 5 nitrogen and oxygen atoms in total. The number of hydrogen-bond acceptors (Lipinski definition) is 3. The molecule has 0 unspecified atom stereocenters. The number of hydrogen-bond donors (Lipinski definition) is 0. The van der Waals surface area contributed by atoms with E-state index in [0.29, 0.717) is 0 Å². The summed E-state index contributed by atoms with van der Waals surface area (Å²) < 4.78 is 4.64. The molecule has 0 saturated carbocycles. The smallest absolute Gasteiger partial charge is 0.138 e. The maximum atomic E-state index is 4.90. The molecule has 0 N–H and O–H groups in total. The second kappa shape index (κ2) is 8.85. The van der Waals surface area contributed by atoms with Gasteiger partial charge in [0.05, 0.1) is 45.0 Å². The average Bonchev–Trinajstić information content (AvgIpc) is 3.56. The number of aromatic nitrogens is 5. The van der Waals surface area contributed by atoms with Crippen molar-refractivity contribution in [2.24, 2.45) is 0 Å². The van der Waals surface area contributed by atoms with Gasteiger partial charge in [0.25, 0.3) is 0 Å². The Morgan fingerprint density at radius 1 is 0.452 bits per heavy atom. The van der Waals surface area contributed by atoms with Crippen LogP contribution in [0.3, 0.4) is 0 Å². The Morgan fingerprint density at radius 3 is 1.83 bits per heavy atom. The summed E-state index contributed by atoms with van der Waals surface area (Å²) in [6.45, 7) is 0. The molecule has 196 valence electrons. The maximum Gasteiger partial charge on any atom is 0.138 e. The van der Waals surface area contributed by atoms with E-state index in [0.717, 1.165) is 44.8 Å². The molecule has 0 bridgehead atoms. The van der Waals surface area contributed by atoms with E-state index in [9.17, 15) is 0 Å². The highest BCUT2D eigenvalue weighted by molar-refractivity contribution is 6.19. The van der Waals surface area contributed by atoms with Gasteiger partial charge in [-0.1, -0.05) is 66.7 Å². The van der Waals surface area contributed by atoms with Gasteiger partial charge in [0, 0.05) is 39.0 Å². The Bertz CT molecular complexity index is 2470. The van der Waals surface area contributed by atoms with Crippen LogP contribution in [0.4, 0.5) is 0 Å². The molecule has 5 aromatic carbocycles. The lowest BCUT2D eigenvalue weighted by atomic mass is 10.1. The van der Waals surface area contributed by atoms with E-state index >= 15 is 0 Å². The minimum Gasteiger partial charge on any atom is -0.309 e. The van der Waals surface area contributed by atoms with E-state index < -0.39 is 0 Å². The molecule has 0 radical (unpaired) electrons. The Morgan fingerprint density at radius 2 is 1.07 bits per heavy atom. The fourth-order valence-corrected chi connectivity index (χ4v) is 6.33. The van der Waals surface area contributed by atoms with Crippen LogP contribution >= 0.6 is 0 Å². The number of benzene rings is 5. The Labute approximate surface area is 241 Å². The monoisotopic (exact) mass is 537 g/mol. The molecule has 9 aromatic rings. The summed E-state index contributed by atoms with van der Waals surface area (Å²) in [7, 11) is 0. The van der Waals surface area contributed by atoms with Crippen LogP contribution in [0.25, 0.3) is 77.4 Å². The van der Waals surface area contributed by atoms with Gasteiger partial charge in [0.1, 0.15) is 5.82 Å². The molecule has 4 heterocycles. The predicted octanol–water partition coefficient (Wildman–Crippen LogP) is 8.89. The lowest BCUT2D eigenvalue weighted by Gasteiger charge is -2.10. The Kier molecular flexibility index (Phi) is 4.83. The quantitative estimate of drug-likeness (QED) is 0.226. The maximum absolute atomic E-state index is 4.90. The lowest BCUT2D eigenvalue weighted by molar-refractivity contribution is 1.08. The van der Waals surface area contributed by atoms with E-state index in [-0.39, 0.29) is 0 Å². The molecule has 0 atom stereocenters. The van der Waals surface area contributed by atoms with Crippen molar-refractivity contribution in [3.05, 3.63) is 140 Å². The zero-order chi connectivity index (χ0) is 27.6.